The number of nitrogens with two attached hydrogens (primary N) is 1. The van der Waals surface area contributed by atoms with Gasteiger partial charge in [-0.15, -0.1) is 0 Å². The van der Waals surface area contributed by atoms with Gasteiger partial charge in [0, 0.05) is 11.8 Å². The zero-order valence-corrected chi connectivity index (χ0v) is 7.44. The molecule has 0 bridgehead atoms. The van der Waals surface area contributed by atoms with Crippen LogP contribution >= 0.6 is 11.6 Å². The highest BCUT2D eigenvalue weighted by atomic mass is 35.5. The van der Waals surface area contributed by atoms with E-state index in [1.807, 2.05) is 4.98 Å². The summed E-state index contributed by atoms with van der Waals surface area (Å²) >= 11 is 5.00. The highest BCUT2D eigenvalue weighted by Crippen LogP contribution is 2.26. The number of hydrogen-bond donors (Lipinski definition) is 2. The van der Waals surface area contributed by atoms with Crippen molar-refractivity contribution >= 4 is 22.5 Å². The maximum Gasteiger partial charge on any atom is 0.269 e. The first-order valence-electron chi connectivity index (χ1n) is 3.44. The van der Waals surface area contributed by atoms with Crippen molar-refractivity contribution in [3.05, 3.63) is 27.7 Å². The van der Waals surface area contributed by atoms with Gasteiger partial charge in [0.15, 0.2) is 0 Å². The van der Waals surface area contributed by atoms with Crippen LogP contribution in [0, 0.1) is 0 Å². The molecule has 7 heteroatoms. The van der Waals surface area contributed by atoms with Gasteiger partial charge in [-0.1, -0.05) is 0 Å². The molecule has 1 rings (SSSR count). The number of H-pyrrole nitrogens is 1. The molecule has 14 heavy (non-hydrogen) atoms. The van der Waals surface area contributed by atoms with Crippen molar-refractivity contribution in [3.8, 4) is 0 Å². The predicted molar refractivity (Wildman–Crippen MR) is 46.6 cm³/mol. The van der Waals surface area contributed by atoms with E-state index in [-0.39, 0.29) is 0 Å². The van der Waals surface area contributed by atoms with Crippen LogP contribution in [0.4, 0.5) is 14.5 Å². The van der Waals surface area contributed by atoms with Crippen molar-refractivity contribution in [1.29, 1.82) is 0 Å². The summed E-state index contributed by atoms with van der Waals surface area (Å²) < 4.78 is 24.7. The van der Waals surface area contributed by atoms with Crippen LogP contribution in [0.25, 0.3) is 0 Å². The Morgan fingerprint density at radius 1 is 1.57 bits per heavy atom. The van der Waals surface area contributed by atoms with Gasteiger partial charge in [0.25, 0.3) is 17.2 Å². The Balaban J connectivity index is 3.52. The Kier molecular flexibility index (Phi) is 2.85. The molecule has 0 saturated heterocycles. The van der Waals surface area contributed by atoms with Gasteiger partial charge >= 0.3 is 0 Å². The largest absolute Gasteiger partial charge is 0.398 e. The molecule has 1 aromatic rings. The molecule has 3 N–H and O–H groups in total. The van der Waals surface area contributed by atoms with Gasteiger partial charge in [0.1, 0.15) is 5.69 Å². The Morgan fingerprint density at radius 3 is 2.57 bits per heavy atom. The number of carbonyl (C=O) groups is 1. The molecule has 0 fully saturated rings. The number of alkyl halides is 2. The number of anilines is 1. The Bertz CT molecular complexity index is 430. The molecule has 0 unspecified atom stereocenters. The van der Waals surface area contributed by atoms with Crippen LogP contribution in [0.15, 0.2) is 10.9 Å². The number of aromatic amines is 1. The lowest BCUT2D eigenvalue weighted by Crippen LogP contribution is -2.15. The first kappa shape index (κ1) is 10.6. The molecular weight excluding hydrogens is 218 g/mol. The minimum Gasteiger partial charge on any atom is -0.398 e. The summed E-state index contributed by atoms with van der Waals surface area (Å²) in [6.45, 7) is 0. The first-order chi connectivity index (χ1) is 6.43. The Labute approximate surface area is 81.7 Å². The summed E-state index contributed by atoms with van der Waals surface area (Å²) in [5.74, 6) is 0. The zero-order chi connectivity index (χ0) is 10.9. The molecule has 0 radical (unpaired) electrons. The lowest BCUT2D eigenvalue weighted by Gasteiger charge is -2.07. The summed E-state index contributed by atoms with van der Waals surface area (Å²) in [5.41, 5.74) is 2.54. The molecule has 0 atom stereocenters. The smallest absolute Gasteiger partial charge is 0.269 e. The van der Waals surface area contributed by atoms with E-state index in [1.165, 1.54) is 0 Å². The average molecular weight is 223 g/mol. The van der Waals surface area contributed by atoms with E-state index in [4.69, 9.17) is 17.3 Å². The fraction of sp³-hybridized carbons (Fsp3) is 0.143. The van der Waals surface area contributed by atoms with E-state index in [0.29, 0.717) is 0 Å². The quantitative estimate of drug-likeness (QED) is 0.740. The summed E-state index contributed by atoms with van der Waals surface area (Å²) in [6, 6.07) is 0.769. The Morgan fingerprint density at radius 2 is 2.14 bits per heavy atom. The van der Waals surface area contributed by atoms with Crippen molar-refractivity contribution in [2.45, 2.75) is 6.43 Å². The standard InChI is InChI=1S/C7H5ClF2N2O2/c8-6(14)5-4(7(9)10)2(11)1-3(13)12-5/h1,7H,(H3,11,12,13). The highest BCUT2D eigenvalue weighted by Gasteiger charge is 2.21. The SMILES string of the molecule is Nc1cc(=O)[nH]c(C(=O)Cl)c1C(F)F. The van der Waals surface area contributed by atoms with Crippen LogP contribution in [-0.4, -0.2) is 10.2 Å². The summed E-state index contributed by atoms with van der Waals surface area (Å²) in [7, 11) is 0. The van der Waals surface area contributed by atoms with Crippen molar-refractivity contribution in [1.82, 2.24) is 4.98 Å². The van der Waals surface area contributed by atoms with Gasteiger partial charge in [0.05, 0.1) is 5.56 Å². The molecular formula is C7H5ClF2N2O2. The maximum absolute atomic E-state index is 12.4. The average Bonchev–Trinajstić information content (AvgIpc) is 2.01. The van der Waals surface area contributed by atoms with Crippen molar-refractivity contribution < 1.29 is 13.6 Å². The van der Waals surface area contributed by atoms with Gasteiger partial charge in [-0.25, -0.2) is 8.78 Å². The molecule has 0 aliphatic heterocycles. The van der Waals surface area contributed by atoms with Gasteiger partial charge in [-0.2, -0.15) is 0 Å². The van der Waals surface area contributed by atoms with E-state index in [0.717, 1.165) is 6.07 Å². The van der Waals surface area contributed by atoms with E-state index in [1.54, 1.807) is 0 Å². The number of nitrogens with one attached hydrogen (secondary N) is 1. The van der Waals surface area contributed by atoms with Crippen LogP contribution in [0.2, 0.25) is 0 Å². The van der Waals surface area contributed by atoms with Crippen LogP contribution in [-0.2, 0) is 0 Å². The topological polar surface area (TPSA) is 76.0 Å². The number of nitrogen functional groups attached to an aromatic ring is 1. The van der Waals surface area contributed by atoms with Gasteiger partial charge in [-0.05, 0) is 11.6 Å². The van der Waals surface area contributed by atoms with E-state index >= 15 is 0 Å². The molecule has 0 aliphatic rings. The monoisotopic (exact) mass is 222 g/mol. The van der Waals surface area contributed by atoms with Crippen molar-refractivity contribution in [3.63, 3.8) is 0 Å². The molecule has 0 amide bonds. The second-order valence-corrected chi connectivity index (χ2v) is 2.80. The third-order valence-electron chi connectivity index (χ3n) is 1.53. The number of halogens is 3. The minimum atomic E-state index is -2.97. The van der Waals surface area contributed by atoms with Gasteiger partial charge in [0.2, 0.25) is 0 Å². The molecule has 0 aliphatic carbocycles. The van der Waals surface area contributed by atoms with E-state index < -0.39 is 34.2 Å². The summed E-state index contributed by atoms with van der Waals surface area (Å²) in [6.07, 6.45) is -2.97. The normalized spacial score (nSPS) is 10.6. The summed E-state index contributed by atoms with van der Waals surface area (Å²) in [4.78, 5) is 23.4. The number of aromatic nitrogens is 1. The molecule has 1 aromatic heterocycles. The second-order valence-electron chi connectivity index (χ2n) is 2.45. The third-order valence-corrected chi connectivity index (χ3v) is 1.72. The van der Waals surface area contributed by atoms with Crippen molar-refractivity contribution in [2.24, 2.45) is 0 Å². The minimum absolute atomic E-state index is 0.451. The van der Waals surface area contributed by atoms with Crippen LogP contribution < -0.4 is 11.3 Å². The Hall–Kier alpha value is -1.43. The van der Waals surface area contributed by atoms with Crippen LogP contribution in [0.1, 0.15) is 22.5 Å². The van der Waals surface area contributed by atoms with Crippen LogP contribution in [0.5, 0.6) is 0 Å². The molecule has 76 valence electrons. The molecule has 0 spiro atoms. The highest BCUT2D eigenvalue weighted by molar-refractivity contribution is 6.67. The zero-order valence-electron chi connectivity index (χ0n) is 6.68. The molecule has 0 saturated carbocycles. The van der Waals surface area contributed by atoms with E-state index in [2.05, 4.69) is 0 Å². The number of rotatable bonds is 2. The lowest BCUT2D eigenvalue weighted by molar-refractivity contribution is 0.106. The van der Waals surface area contributed by atoms with Gasteiger partial charge < -0.3 is 10.7 Å². The molecule has 0 aromatic carbocycles. The first-order valence-corrected chi connectivity index (χ1v) is 3.82. The van der Waals surface area contributed by atoms with Crippen LogP contribution in [0.3, 0.4) is 0 Å². The number of hydrogen-bond acceptors (Lipinski definition) is 3. The van der Waals surface area contributed by atoms with E-state index in [9.17, 15) is 18.4 Å². The second kappa shape index (κ2) is 3.75. The number of pyridine rings is 1. The maximum atomic E-state index is 12.4. The third kappa shape index (κ3) is 1.90. The summed E-state index contributed by atoms with van der Waals surface area (Å²) in [5, 5.41) is -1.18. The molecule has 1 heterocycles. The molecule has 4 nitrogen and oxygen atoms in total. The lowest BCUT2D eigenvalue weighted by atomic mass is 10.2. The fourth-order valence-electron chi connectivity index (χ4n) is 0.980. The number of carbonyl (C=O) groups excluding carboxylic acids is 1. The fourth-order valence-corrected chi connectivity index (χ4v) is 1.13. The predicted octanol–water partition coefficient (Wildman–Crippen LogP) is 1.27. The van der Waals surface area contributed by atoms with Gasteiger partial charge in [-0.3, -0.25) is 9.59 Å². The van der Waals surface area contributed by atoms with Crippen molar-refractivity contribution in [2.75, 3.05) is 5.73 Å².